The quantitative estimate of drug-likeness (QED) is 0.618. The van der Waals surface area contributed by atoms with Crippen molar-refractivity contribution in [3.05, 3.63) is 70.3 Å². The van der Waals surface area contributed by atoms with Crippen molar-refractivity contribution in [2.75, 3.05) is 4.90 Å². The number of para-hydroxylation sites is 2. The number of nitrogens with zero attached hydrogens (tertiary/aromatic N) is 2. The van der Waals surface area contributed by atoms with E-state index >= 15 is 0 Å². The Labute approximate surface area is 134 Å². The van der Waals surface area contributed by atoms with E-state index in [1.807, 2.05) is 37.3 Å². The van der Waals surface area contributed by atoms with Crippen molar-refractivity contribution in [1.29, 1.82) is 0 Å². The fourth-order valence-corrected chi connectivity index (χ4v) is 2.86. The van der Waals surface area contributed by atoms with E-state index in [4.69, 9.17) is 0 Å². The van der Waals surface area contributed by atoms with Crippen molar-refractivity contribution in [3.63, 3.8) is 0 Å². The second-order valence-electron chi connectivity index (χ2n) is 5.86. The Bertz CT molecular complexity index is 726. The Balaban J connectivity index is 2.03. The van der Waals surface area contributed by atoms with Gasteiger partial charge in [-0.15, -0.1) is 0 Å². The second-order valence-corrected chi connectivity index (χ2v) is 5.86. The van der Waals surface area contributed by atoms with Crippen LogP contribution >= 0.6 is 0 Å². The van der Waals surface area contributed by atoms with Gasteiger partial charge in [0.2, 0.25) is 0 Å². The average Bonchev–Trinajstić information content (AvgIpc) is 3.41. The van der Waals surface area contributed by atoms with Crippen LogP contribution in [0.15, 0.2) is 54.6 Å². The summed E-state index contributed by atoms with van der Waals surface area (Å²) in [6, 6.07) is 15.5. The molecule has 0 N–H and O–H groups in total. The molecule has 0 unspecified atom stereocenters. The molecule has 0 radical (unpaired) electrons. The zero-order chi connectivity index (χ0) is 16.4. The lowest BCUT2D eigenvalue weighted by molar-refractivity contribution is -0.385. The number of amides is 1. The van der Waals surface area contributed by atoms with Crippen LogP contribution in [0.3, 0.4) is 0 Å². The molecule has 118 valence electrons. The predicted octanol–water partition coefficient (Wildman–Crippen LogP) is 4.04. The summed E-state index contributed by atoms with van der Waals surface area (Å²) in [4.78, 5) is 25.5. The SMILES string of the molecule is C[C@@H](C1CC1)N(C(=O)c1ccccc1[N+](=O)[O-])c1ccccc1. The lowest BCUT2D eigenvalue weighted by atomic mass is 10.1. The molecule has 23 heavy (non-hydrogen) atoms. The van der Waals surface area contributed by atoms with Crippen molar-refractivity contribution in [2.45, 2.75) is 25.8 Å². The van der Waals surface area contributed by atoms with Crippen molar-refractivity contribution >= 4 is 17.3 Å². The highest BCUT2D eigenvalue weighted by Gasteiger charge is 2.37. The third-order valence-electron chi connectivity index (χ3n) is 4.30. The standard InChI is InChI=1S/C18H18N2O3/c1-13(14-11-12-14)19(15-7-3-2-4-8-15)18(21)16-9-5-6-10-17(16)20(22)23/h2-10,13-14H,11-12H2,1H3/t13-/m0/s1. The molecule has 1 fully saturated rings. The van der Waals surface area contributed by atoms with Crippen LogP contribution in [0, 0.1) is 16.0 Å². The normalized spacial score (nSPS) is 15.0. The minimum atomic E-state index is -0.502. The first kappa shape index (κ1) is 15.2. The van der Waals surface area contributed by atoms with Gasteiger partial charge >= 0.3 is 0 Å². The van der Waals surface area contributed by atoms with Crippen LogP contribution in [0.2, 0.25) is 0 Å². The van der Waals surface area contributed by atoms with Crippen molar-refractivity contribution in [2.24, 2.45) is 5.92 Å². The Hall–Kier alpha value is -2.69. The largest absolute Gasteiger partial charge is 0.305 e. The minimum Gasteiger partial charge on any atom is -0.305 e. The van der Waals surface area contributed by atoms with Gasteiger partial charge in [0.1, 0.15) is 5.56 Å². The summed E-state index contributed by atoms with van der Waals surface area (Å²) >= 11 is 0. The van der Waals surface area contributed by atoms with Gasteiger partial charge in [0, 0.05) is 17.8 Å². The molecule has 1 aliphatic carbocycles. The molecule has 5 heteroatoms. The van der Waals surface area contributed by atoms with Gasteiger partial charge < -0.3 is 4.90 Å². The van der Waals surface area contributed by atoms with Gasteiger partial charge in [0.05, 0.1) is 4.92 Å². The van der Waals surface area contributed by atoms with Crippen molar-refractivity contribution < 1.29 is 9.72 Å². The third kappa shape index (κ3) is 3.08. The van der Waals surface area contributed by atoms with Crippen molar-refractivity contribution in [1.82, 2.24) is 0 Å². The number of hydrogen-bond donors (Lipinski definition) is 0. The maximum Gasteiger partial charge on any atom is 0.282 e. The molecule has 0 bridgehead atoms. The van der Waals surface area contributed by atoms with Crippen LogP contribution in [0.4, 0.5) is 11.4 Å². The Kier molecular flexibility index (Phi) is 4.10. The van der Waals surface area contributed by atoms with Gasteiger partial charge in [-0.05, 0) is 43.9 Å². The molecule has 1 amide bonds. The van der Waals surface area contributed by atoms with E-state index in [2.05, 4.69) is 0 Å². The molecule has 1 atom stereocenters. The highest BCUT2D eigenvalue weighted by molar-refractivity contribution is 6.09. The summed E-state index contributed by atoms with van der Waals surface area (Å²) < 4.78 is 0. The van der Waals surface area contributed by atoms with Gasteiger partial charge in [0.15, 0.2) is 0 Å². The molecule has 3 rings (SSSR count). The molecule has 0 aliphatic heterocycles. The number of anilines is 1. The first-order chi connectivity index (χ1) is 11.1. The summed E-state index contributed by atoms with van der Waals surface area (Å²) in [5.41, 5.74) is 0.755. The fraction of sp³-hybridized carbons (Fsp3) is 0.278. The van der Waals surface area contributed by atoms with Crippen LogP contribution in [-0.2, 0) is 0 Å². The predicted molar refractivity (Wildman–Crippen MR) is 88.5 cm³/mol. The lowest BCUT2D eigenvalue weighted by Gasteiger charge is -2.29. The van der Waals surface area contributed by atoms with Crippen LogP contribution < -0.4 is 4.90 Å². The van der Waals surface area contributed by atoms with Gasteiger partial charge in [-0.3, -0.25) is 14.9 Å². The minimum absolute atomic E-state index is 0.0183. The number of nitro groups is 1. The second kappa shape index (κ2) is 6.20. The molecule has 0 spiro atoms. The number of hydrogen-bond acceptors (Lipinski definition) is 3. The summed E-state index contributed by atoms with van der Waals surface area (Å²) in [7, 11) is 0. The first-order valence-electron chi connectivity index (χ1n) is 7.71. The van der Waals surface area contributed by atoms with E-state index in [0.29, 0.717) is 5.92 Å². The maximum absolute atomic E-state index is 13.1. The first-order valence-corrected chi connectivity index (χ1v) is 7.71. The fourth-order valence-electron chi connectivity index (χ4n) is 2.86. The van der Waals surface area contributed by atoms with E-state index in [0.717, 1.165) is 18.5 Å². The van der Waals surface area contributed by atoms with Gasteiger partial charge in [0.25, 0.3) is 11.6 Å². The molecule has 0 aromatic heterocycles. The third-order valence-corrected chi connectivity index (χ3v) is 4.30. The summed E-state index contributed by atoms with van der Waals surface area (Å²) in [6.07, 6.45) is 2.18. The summed E-state index contributed by atoms with van der Waals surface area (Å²) in [5, 5.41) is 11.2. The molecular formula is C18H18N2O3. The maximum atomic E-state index is 13.1. The number of carbonyl (C=O) groups is 1. The van der Waals surface area contributed by atoms with Crippen molar-refractivity contribution in [3.8, 4) is 0 Å². The Morgan fingerprint density at radius 1 is 1.13 bits per heavy atom. The van der Waals surface area contributed by atoms with Crippen LogP contribution in [0.5, 0.6) is 0 Å². The number of rotatable bonds is 5. The van der Waals surface area contributed by atoms with E-state index in [-0.39, 0.29) is 23.2 Å². The molecule has 1 aliphatic rings. The topological polar surface area (TPSA) is 63.5 Å². The molecule has 2 aromatic carbocycles. The summed E-state index contributed by atoms with van der Waals surface area (Å²) in [6.45, 7) is 2.01. The van der Waals surface area contributed by atoms with Gasteiger partial charge in [-0.25, -0.2) is 0 Å². The number of benzene rings is 2. The zero-order valence-electron chi connectivity index (χ0n) is 12.9. The molecule has 0 saturated heterocycles. The monoisotopic (exact) mass is 310 g/mol. The molecular weight excluding hydrogens is 292 g/mol. The van der Waals surface area contributed by atoms with E-state index in [1.54, 1.807) is 17.0 Å². The van der Waals surface area contributed by atoms with E-state index in [1.165, 1.54) is 12.1 Å². The number of nitro benzene ring substituents is 1. The highest BCUT2D eigenvalue weighted by atomic mass is 16.6. The molecule has 0 heterocycles. The lowest BCUT2D eigenvalue weighted by Crippen LogP contribution is -2.40. The number of carbonyl (C=O) groups excluding carboxylic acids is 1. The van der Waals surface area contributed by atoms with Crippen LogP contribution in [0.1, 0.15) is 30.1 Å². The zero-order valence-corrected chi connectivity index (χ0v) is 12.9. The average molecular weight is 310 g/mol. The molecule has 2 aromatic rings. The van der Waals surface area contributed by atoms with Gasteiger partial charge in [-0.2, -0.15) is 0 Å². The van der Waals surface area contributed by atoms with Gasteiger partial charge in [-0.1, -0.05) is 30.3 Å². The van der Waals surface area contributed by atoms with Crippen LogP contribution in [-0.4, -0.2) is 16.9 Å². The van der Waals surface area contributed by atoms with E-state index < -0.39 is 4.92 Å². The van der Waals surface area contributed by atoms with Crippen LogP contribution in [0.25, 0.3) is 0 Å². The molecule has 5 nitrogen and oxygen atoms in total. The Morgan fingerprint density at radius 2 is 1.74 bits per heavy atom. The Morgan fingerprint density at radius 3 is 2.35 bits per heavy atom. The highest BCUT2D eigenvalue weighted by Crippen LogP contribution is 2.38. The smallest absolute Gasteiger partial charge is 0.282 e. The van der Waals surface area contributed by atoms with E-state index in [9.17, 15) is 14.9 Å². The molecule has 1 saturated carbocycles. The summed E-state index contributed by atoms with van der Waals surface area (Å²) in [5.74, 6) is 0.143.